The highest BCUT2D eigenvalue weighted by Gasteiger charge is 2.31. The second kappa shape index (κ2) is 7.10. The van der Waals surface area contributed by atoms with Gasteiger partial charge in [0.25, 0.3) is 0 Å². The minimum atomic E-state index is -0.661. The number of nitrogens with two attached hydrogens (primary N) is 1. The van der Waals surface area contributed by atoms with E-state index in [4.69, 9.17) is 5.73 Å². The molecule has 0 aliphatic heterocycles. The van der Waals surface area contributed by atoms with Gasteiger partial charge in [0.15, 0.2) is 0 Å². The predicted molar refractivity (Wildman–Crippen MR) is 73.0 cm³/mol. The van der Waals surface area contributed by atoms with Crippen molar-refractivity contribution in [2.24, 2.45) is 17.6 Å². The minimum Gasteiger partial charge on any atom is -0.388 e. The molecule has 1 saturated carbocycles. The third kappa shape index (κ3) is 5.36. The molecular weight excluding hydrogens is 228 g/mol. The molecular formula is C14H28N2O2. The first kappa shape index (κ1) is 15.4. The number of aliphatic hydroxyl groups is 1. The van der Waals surface area contributed by atoms with Crippen LogP contribution in [0.1, 0.15) is 52.4 Å². The molecule has 0 spiro atoms. The van der Waals surface area contributed by atoms with Gasteiger partial charge in [0, 0.05) is 13.0 Å². The first-order valence-corrected chi connectivity index (χ1v) is 7.14. The van der Waals surface area contributed by atoms with Gasteiger partial charge in [-0.05, 0) is 37.6 Å². The summed E-state index contributed by atoms with van der Waals surface area (Å²) in [7, 11) is 0. The second-order valence-corrected chi connectivity index (χ2v) is 6.14. The highest BCUT2D eigenvalue weighted by molar-refractivity contribution is 5.76. The molecule has 4 N–H and O–H groups in total. The number of amides is 1. The minimum absolute atomic E-state index is 0.0198. The molecule has 0 aromatic rings. The van der Waals surface area contributed by atoms with Gasteiger partial charge in [0.05, 0.1) is 5.60 Å². The van der Waals surface area contributed by atoms with Crippen LogP contribution >= 0.6 is 0 Å². The van der Waals surface area contributed by atoms with Gasteiger partial charge in [0.2, 0.25) is 5.91 Å². The van der Waals surface area contributed by atoms with Crippen molar-refractivity contribution in [3.63, 3.8) is 0 Å². The van der Waals surface area contributed by atoms with Crippen LogP contribution in [-0.4, -0.2) is 29.7 Å². The molecule has 0 unspecified atom stereocenters. The van der Waals surface area contributed by atoms with Crippen LogP contribution in [0.5, 0.6) is 0 Å². The van der Waals surface area contributed by atoms with Gasteiger partial charge in [-0.1, -0.05) is 26.7 Å². The fourth-order valence-electron chi connectivity index (χ4n) is 2.74. The average molecular weight is 256 g/mol. The first-order valence-electron chi connectivity index (χ1n) is 7.14. The number of hydrogen-bond donors (Lipinski definition) is 3. The van der Waals surface area contributed by atoms with Gasteiger partial charge in [-0.2, -0.15) is 0 Å². The van der Waals surface area contributed by atoms with Crippen molar-refractivity contribution in [2.75, 3.05) is 13.1 Å². The summed E-state index contributed by atoms with van der Waals surface area (Å²) in [4.78, 5) is 11.8. The van der Waals surface area contributed by atoms with E-state index in [0.717, 1.165) is 32.1 Å². The van der Waals surface area contributed by atoms with Crippen molar-refractivity contribution < 1.29 is 9.90 Å². The molecule has 0 radical (unpaired) electrons. The Balaban J connectivity index is 2.27. The maximum Gasteiger partial charge on any atom is 0.220 e. The molecule has 18 heavy (non-hydrogen) atoms. The van der Waals surface area contributed by atoms with Gasteiger partial charge in [-0.3, -0.25) is 4.79 Å². The standard InChI is InChI=1S/C14H28N2O2/c1-11(2)7-12(9-15)8-13(17)16-10-14(18)5-3-4-6-14/h11-12,18H,3-10,15H2,1-2H3,(H,16,17)/t12-/m0/s1. The topological polar surface area (TPSA) is 75.4 Å². The van der Waals surface area contributed by atoms with Crippen LogP contribution in [0.25, 0.3) is 0 Å². The summed E-state index contributed by atoms with van der Waals surface area (Å²) in [5, 5.41) is 13.0. The van der Waals surface area contributed by atoms with E-state index in [2.05, 4.69) is 19.2 Å². The lowest BCUT2D eigenvalue weighted by atomic mass is 9.94. The number of rotatable bonds is 7. The third-order valence-corrected chi connectivity index (χ3v) is 3.76. The van der Waals surface area contributed by atoms with E-state index in [1.54, 1.807) is 0 Å². The number of nitrogens with one attached hydrogen (secondary N) is 1. The molecule has 1 rings (SSSR count). The fourth-order valence-corrected chi connectivity index (χ4v) is 2.74. The zero-order chi connectivity index (χ0) is 13.6. The Hall–Kier alpha value is -0.610. The smallest absolute Gasteiger partial charge is 0.220 e. The Kier molecular flexibility index (Phi) is 6.09. The fraction of sp³-hybridized carbons (Fsp3) is 0.929. The second-order valence-electron chi connectivity index (χ2n) is 6.14. The number of carbonyl (C=O) groups excluding carboxylic acids is 1. The lowest BCUT2D eigenvalue weighted by Crippen LogP contribution is -2.41. The number of carbonyl (C=O) groups is 1. The molecule has 1 aliphatic carbocycles. The lowest BCUT2D eigenvalue weighted by Gasteiger charge is -2.23. The van der Waals surface area contributed by atoms with Crippen LogP contribution in [0.4, 0.5) is 0 Å². The Morgan fingerprint density at radius 2 is 2.00 bits per heavy atom. The summed E-state index contributed by atoms with van der Waals surface area (Å²) < 4.78 is 0. The van der Waals surface area contributed by atoms with Gasteiger partial charge >= 0.3 is 0 Å². The highest BCUT2D eigenvalue weighted by Crippen LogP contribution is 2.28. The van der Waals surface area contributed by atoms with E-state index < -0.39 is 5.60 Å². The molecule has 1 aliphatic rings. The van der Waals surface area contributed by atoms with E-state index in [-0.39, 0.29) is 11.8 Å². The van der Waals surface area contributed by atoms with Crippen LogP contribution in [0, 0.1) is 11.8 Å². The van der Waals surface area contributed by atoms with Crippen LogP contribution in [0.3, 0.4) is 0 Å². The van der Waals surface area contributed by atoms with Crippen LogP contribution in [0.15, 0.2) is 0 Å². The maximum absolute atomic E-state index is 11.8. The predicted octanol–water partition coefficient (Wildman–Crippen LogP) is 1.42. The van der Waals surface area contributed by atoms with Gasteiger partial charge < -0.3 is 16.2 Å². The van der Waals surface area contributed by atoms with Gasteiger partial charge in [-0.15, -0.1) is 0 Å². The van der Waals surface area contributed by atoms with Crippen molar-refractivity contribution in [2.45, 2.75) is 58.0 Å². The first-order chi connectivity index (χ1) is 8.45. The zero-order valence-corrected chi connectivity index (χ0v) is 11.7. The summed E-state index contributed by atoms with van der Waals surface area (Å²) in [5.41, 5.74) is 5.02. The Morgan fingerprint density at radius 1 is 1.39 bits per heavy atom. The summed E-state index contributed by atoms with van der Waals surface area (Å²) in [6.45, 7) is 5.23. The molecule has 4 nitrogen and oxygen atoms in total. The summed E-state index contributed by atoms with van der Waals surface area (Å²) >= 11 is 0. The van der Waals surface area contributed by atoms with Crippen molar-refractivity contribution in [3.8, 4) is 0 Å². The number of hydrogen-bond acceptors (Lipinski definition) is 3. The molecule has 1 amide bonds. The molecule has 0 aromatic carbocycles. The van der Waals surface area contributed by atoms with Crippen molar-refractivity contribution >= 4 is 5.91 Å². The normalized spacial score (nSPS) is 20.1. The van der Waals surface area contributed by atoms with Gasteiger partial charge in [-0.25, -0.2) is 0 Å². The molecule has 0 saturated heterocycles. The lowest BCUT2D eigenvalue weighted by molar-refractivity contribution is -0.123. The summed E-state index contributed by atoms with van der Waals surface area (Å²) in [6, 6.07) is 0. The SMILES string of the molecule is CC(C)C[C@H](CN)CC(=O)NCC1(O)CCCC1. The average Bonchev–Trinajstić information content (AvgIpc) is 2.73. The zero-order valence-electron chi connectivity index (χ0n) is 11.7. The van der Waals surface area contributed by atoms with Crippen molar-refractivity contribution in [3.05, 3.63) is 0 Å². The van der Waals surface area contributed by atoms with E-state index in [9.17, 15) is 9.90 Å². The van der Waals surface area contributed by atoms with Gasteiger partial charge in [0.1, 0.15) is 0 Å². The van der Waals surface area contributed by atoms with Crippen molar-refractivity contribution in [1.29, 1.82) is 0 Å². The molecule has 0 bridgehead atoms. The Bertz CT molecular complexity index is 261. The maximum atomic E-state index is 11.8. The quantitative estimate of drug-likeness (QED) is 0.645. The van der Waals surface area contributed by atoms with Crippen molar-refractivity contribution in [1.82, 2.24) is 5.32 Å². The van der Waals surface area contributed by atoms with Crippen LogP contribution < -0.4 is 11.1 Å². The molecule has 0 heterocycles. The molecule has 1 fully saturated rings. The van der Waals surface area contributed by atoms with Crippen LogP contribution in [0.2, 0.25) is 0 Å². The van der Waals surface area contributed by atoms with E-state index in [0.29, 0.717) is 25.4 Å². The third-order valence-electron chi connectivity index (χ3n) is 3.76. The molecule has 106 valence electrons. The van der Waals surface area contributed by atoms with E-state index in [1.165, 1.54) is 0 Å². The molecule has 0 aromatic heterocycles. The highest BCUT2D eigenvalue weighted by atomic mass is 16.3. The van der Waals surface area contributed by atoms with E-state index in [1.807, 2.05) is 0 Å². The monoisotopic (exact) mass is 256 g/mol. The van der Waals surface area contributed by atoms with E-state index >= 15 is 0 Å². The molecule has 4 heteroatoms. The summed E-state index contributed by atoms with van der Waals surface area (Å²) in [5.74, 6) is 0.833. The Labute approximate surface area is 110 Å². The van der Waals surface area contributed by atoms with Crippen LogP contribution in [-0.2, 0) is 4.79 Å². The summed E-state index contributed by atoms with van der Waals surface area (Å²) in [6.07, 6.45) is 5.19. The largest absolute Gasteiger partial charge is 0.388 e. The molecule has 1 atom stereocenters. The Morgan fingerprint density at radius 3 is 2.50 bits per heavy atom.